The Labute approximate surface area is 98.6 Å². The number of hydrogen-bond donors (Lipinski definition) is 3. The molecule has 0 spiro atoms. The van der Waals surface area contributed by atoms with E-state index in [-0.39, 0.29) is 19.1 Å². The highest BCUT2D eigenvalue weighted by atomic mass is 16.3. The third kappa shape index (κ3) is 1.66. The summed E-state index contributed by atoms with van der Waals surface area (Å²) >= 11 is 0. The number of aliphatic hydroxyl groups excluding tert-OH is 2. The molecule has 3 rings (SSSR count). The van der Waals surface area contributed by atoms with Crippen LogP contribution in [0.5, 0.6) is 0 Å². The molecule has 0 aromatic heterocycles. The minimum atomic E-state index is -0.900. The number of amides is 1. The summed E-state index contributed by atoms with van der Waals surface area (Å²) in [6.07, 6.45) is 5.99. The molecule has 0 saturated heterocycles. The molecule has 3 aliphatic carbocycles. The SMILES string of the molecule is O=C(NC[C@H](O)CO)C1=C2C=C3CC3=C2C=C1. The molecule has 0 aromatic rings. The molecule has 1 saturated carbocycles. The summed E-state index contributed by atoms with van der Waals surface area (Å²) in [7, 11) is 0. The average Bonchev–Trinajstić information content (AvgIpc) is 2.83. The van der Waals surface area contributed by atoms with E-state index in [2.05, 4.69) is 11.4 Å². The van der Waals surface area contributed by atoms with Gasteiger partial charge < -0.3 is 15.5 Å². The highest BCUT2D eigenvalue weighted by molar-refractivity contribution is 6.01. The van der Waals surface area contributed by atoms with Crippen LogP contribution in [-0.2, 0) is 4.79 Å². The molecule has 1 fully saturated rings. The van der Waals surface area contributed by atoms with Crippen LogP contribution in [0.3, 0.4) is 0 Å². The molecular formula is C13H13NO3. The van der Waals surface area contributed by atoms with E-state index in [0.29, 0.717) is 5.57 Å². The number of nitrogens with one attached hydrogen (secondary N) is 1. The molecule has 1 atom stereocenters. The van der Waals surface area contributed by atoms with E-state index in [0.717, 1.165) is 12.0 Å². The Hall–Kier alpha value is -1.65. The van der Waals surface area contributed by atoms with Crippen LogP contribution in [0.1, 0.15) is 6.42 Å². The maximum atomic E-state index is 11.9. The predicted octanol–water partition coefficient (Wildman–Crippen LogP) is -0.0375. The number of aliphatic hydroxyl groups is 2. The summed E-state index contributed by atoms with van der Waals surface area (Å²) < 4.78 is 0. The van der Waals surface area contributed by atoms with E-state index in [9.17, 15) is 4.79 Å². The quantitative estimate of drug-likeness (QED) is 0.636. The molecular weight excluding hydrogens is 218 g/mol. The normalized spacial score (nSPS) is 21.4. The molecule has 4 nitrogen and oxygen atoms in total. The Morgan fingerprint density at radius 2 is 2.24 bits per heavy atom. The molecule has 88 valence electrons. The molecule has 0 aliphatic heterocycles. The maximum Gasteiger partial charge on any atom is 0.252 e. The van der Waals surface area contributed by atoms with E-state index < -0.39 is 6.10 Å². The average molecular weight is 231 g/mol. The zero-order chi connectivity index (χ0) is 12.0. The van der Waals surface area contributed by atoms with E-state index in [1.807, 2.05) is 12.2 Å². The highest BCUT2D eigenvalue weighted by Crippen LogP contribution is 2.51. The van der Waals surface area contributed by atoms with Crippen molar-refractivity contribution >= 4 is 5.91 Å². The Balaban J connectivity index is 1.72. The number of rotatable bonds is 4. The standard InChI is InChI=1S/C13H13NO3/c15-6-8(16)5-14-13(17)10-2-1-9-11-3-7(11)4-12(9)10/h1-2,4,8,15-16H,3,5-6H2,(H,14,17)/t8-/m0/s1. The number of carbonyl (C=O) groups excluding carboxylic acids is 1. The monoisotopic (exact) mass is 231 g/mol. The van der Waals surface area contributed by atoms with Gasteiger partial charge in [0.15, 0.2) is 0 Å². The lowest BCUT2D eigenvalue weighted by Gasteiger charge is -2.09. The van der Waals surface area contributed by atoms with Gasteiger partial charge in [-0.1, -0.05) is 6.08 Å². The number of allylic oxidation sites excluding steroid dienone is 6. The Morgan fingerprint density at radius 1 is 1.41 bits per heavy atom. The van der Waals surface area contributed by atoms with Gasteiger partial charge in [-0.05, 0) is 40.9 Å². The van der Waals surface area contributed by atoms with Crippen LogP contribution in [0.4, 0.5) is 0 Å². The van der Waals surface area contributed by atoms with Gasteiger partial charge in [0.05, 0.1) is 12.7 Å². The van der Waals surface area contributed by atoms with E-state index in [4.69, 9.17) is 10.2 Å². The van der Waals surface area contributed by atoms with Crippen LogP contribution in [0.2, 0.25) is 0 Å². The minimum absolute atomic E-state index is 0.0719. The lowest BCUT2D eigenvalue weighted by molar-refractivity contribution is -0.117. The van der Waals surface area contributed by atoms with Crippen LogP contribution in [0.25, 0.3) is 0 Å². The molecule has 0 radical (unpaired) electrons. The van der Waals surface area contributed by atoms with Gasteiger partial charge in [-0.15, -0.1) is 0 Å². The first-order valence-electron chi connectivity index (χ1n) is 5.64. The maximum absolute atomic E-state index is 11.9. The second kappa shape index (κ2) is 3.68. The van der Waals surface area contributed by atoms with Crippen molar-refractivity contribution in [2.75, 3.05) is 13.2 Å². The van der Waals surface area contributed by atoms with Gasteiger partial charge >= 0.3 is 0 Å². The summed E-state index contributed by atoms with van der Waals surface area (Å²) in [5.41, 5.74) is 5.51. The molecule has 3 N–H and O–H groups in total. The first-order chi connectivity index (χ1) is 8.20. The zero-order valence-electron chi connectivity index (χ0n) is 9.23. The Kier molecular flexibility index (Phi) is 2.28. The third-order valence-electron chi connectivity index (χ3n) is 3.22. The Morgan fingerprint density at radius 3 is 3.00 bits per heavy atom. The predicted molar refractivity (Wildman–Crippen MR) is 62.0 cm³/mol. The van der Waals surface area contributed by atoms with Crippen molar-refractivity contribution < 1.29 is 15.0 Å². The molecule has 17 heavy (non-hydrogen) atoms. The van der Waals surface area contributed by atoms with Crippen molar-refractivity contribution in [3.63, 3.8) is 0 Å². The third-order valence-corrected chi connectivity index (χ3v) is 3.22. The van der Waals surface area contributed by atoms with Gasteiger partial charge in [0.1, 0.15) is 0 Å². The molecule has 1 amide bonds. The van der Waals surface area contributed by atoms with Gasteiger partial charge in [-0.25, -0.2) is 0 Å². The lowest BCUT2D eigenvalue weighted by Crippen LogP contribution is -2.34. The lowest BCUT2D eigenvalue weighted by atomic mass is 10.1. The van der Waals surface area contributed by atoms with Crippen LogP contribution in [0, 0.1) is 0 Å². The largest absolute Gasteiger partial charge is 0.394 e. The number of fused-ring (bicyclic) bond motifs is 2. The minimum Gasteiger partial charge on any atom is -0.394 e. The van der Waals surface area contributed by atoms with Gasteiger partial charge in [0.25, 0.3) is 5.91 Å². The second-order valence-corrected chi connectivity index (χ2v) is 4.45. The molecule has 0 heterocycles. The molecule has 0 bridgehead atoms. The molecule has 4 heteroatoms. The molecule has 0 aromatic carbocycles. The van der Waals surface area contributed by atoms with Gasteiger partial charge in [0.2, 0.25) is 0 Å². The topological polar surface area (TPSA) is 69.6 Å². The number of hydrogen-bond acceptors (Lipinski definition) is 3. The van der Waals surface area contributed by atoms with Crippen LogP contribution in [-0.4, -0.2) is 35.4 Å². The molecule has 0 unspecified atom stereocenters. The van der Waals surface area contributed by atoms with E-state index in [1.54, 1.807) is 0 Å². The van der Waals surface area contributed by atoms with Crippen molar-refractivity contribution in [1.82, 2.24) is 5.32 Å². The van der Waals surface area contributed by atoms with Crippen molar-refractivity contribution in [2.24, 2.45) is 0 Å². The van der Waals surface area contributed by atoms with Crippen molar-refractivity contribution in [3.8, 4) is 0 Å². The number of carbonyl (C=O) groups is 1. The first-order valence-corrected chi connectivity index (χ1v) is 5.64. The second-order valence-electron chi connectivity index (χ2n) is 4.45. The van der Waals surface area contributed by atoms with Crippen molar-refractivity contribution in [3.05, 3.63) is 46.1 Å². The molecule has 3 aliphatic rings. The van der Waals surface area contributed by atoms with E-state index >= 15 is 0 Å². The van der Waals surface area contributed by atoms with Gasteiger partial charge in [0, 0.05) is 12.1 Å². The first kappa shape index (κ1) is 10.5. The smallest absolute Gasteiger partial charge is 0.252 e. The fourth-order valence-electron chi connectivity index (χ4n) is 2.21. The summed E-state index contributed by atoms with van der Waals surface area (Å²) in [5.74, 6) is -0.197. The summed E-state index contributed by atoms with van der Waals surface area (Å²) in [6, 6.07) is 0. The van der Waals surface area contributed by atoms with Crippen LogP contribution >= 0.6 is 0 Å². The Bertz CT molecular complexity index is 523. The fraction of sp³-hybridized carbons (Fsp3) is 0.308. The van der Waals surface area contributed by atoms with Crippen molar-refractivity contribution in [1.29, 1.82) is 0 Å². The van der Waals surface area contributed by atoms with E-state index in [1.165, 1.54) is 16.7 Å². The zero-order valence-corrected chi connectivity index (χ0v) is 9.23. The van der Waals surface area contributed by atoms with Gasteiger partial charge in [-0.2, -0.15) is 0 Å². The summed E-state index contributed by atoms with van der Waals surface area (Å²) in [6.45, 7) is -0.274. The summed E-state index contributed by atoms with van der Waals surface area (Å²) in [4.78, 5) is 11.9. The highest BCUT2D eigenvalue weighted by Gasteiger charge is 2.35. The van der Waals surface area contributed by atoms with Gasteiger partial charge in [-0.3, -0.25) is 4.79 Å². The van der Waals surface area contributed by atoms with Crippen molar-refractivity contribution in [2.45, 2.75) is 12.5 Å². The van der Waals surface area contributed by atoms with Crippen LogP contribution in [0.15, 0.2) is 46.1 Å². The fourth-order valence-corrected chi connectivity index (χ4v) is 2.21. The summed E-state index contributed by atoms with van der Waals surface area (Å²) in [5, 5.41) is 20.4. The van der Waals surface area contributed by atoms with Crippen LogP contribution < -0.4 is 5.32 Å².